The van der Waals surface area contributed by atoms with Gasteiger partial charge < -0.3 is 15.1 Å². The van der Waals surface area contributed by atoms with E-state index in [9.17, 15) is 4.79 Å². The monoisotopic (exact) mass is 315 g/mol. The Hall–Kier alpha value is -1.55. The second-order valence-electron chi connectivity index (χ2n) is 7.12. The summed E-state index contributed by atoms with van der Waals surface area (Å²) in [6.45, 7) is 4.51. The number of benzene rings is 1. The predicted molar refractivity (Wildman–Crippen MR) is 96.0 cm³/mol. The highest BCUT2D eigenvalue weighted by atomic mass is 16.1. The lowest BCUT2D eigenvalue weighted by Crippen LogP contribution is -2.34. The number of rotatable bonds is 4. The number of amides is 1. The van der Waals surface area contributed by atoms with Gasteiger partial charge in [-0.05, 0) is 75.9 Å². The third kappa shape index (κ3) is 4.71. The molecule has 1 atom stereocenters. The molecule has 2 saturated heterocycles. The van der Waals surface area contributed by atoms with Crippen LogP contribution in [0.3, 0.4) is 0 Å². The number of nitrogens with one attached hydrogen (secondary N) is 1. The summed E-state index contributed by atoms with van der Waals surface area (Å²) in [6, 6.07) is 8.34. The van der Waals surface area contributed by atoms with Crippen molar-refractivity contribution in [3.05, 3.63) is 24.3 Å². The summed E-state index contributed by atoms with van der Waals surface area (Å²) in [5.41, 5.74) is 2.19. The summed E-state index contributed by atoms with van der Waals surface area (Å²) < 4.78 is 0. The van der Waals surface area contributed by atoms with Crippen LogP contribution in [0.5, 0.6) is 0 Å². The summed E-state index contributed by atoms with van der Waals surface area (Å²) >= 11 is 0. The SMILES string of the molecule is CN1CCCC(CC(=O)Nc2ccc(N3CCCCC3)cc2)C1. The van der Waals surface area contributed by atoms with Crippen molar-refractivity contribution in [3.8, 4) is 0 Å². The molecule has 1 aromatic carbocycles. The van der Waals surface area contributed by atoms with Crippen LogP contribution in [0.2, 0.25) is 0 Å². The van der Waals surface area contributed by atoms with E-state index in [0.717, 1.165) is 31.9 Å². The molecule has 0 saturated carbocycles. The van der Waals surface area contributed by atoms with Crippen LogP contribution in [0.4, 0.5) is 11.4 Å². The molecule has 1 amide bonds. The zero-order valence-electron chi connectivity index (χ0n) is 14.3. The minimum atomic E-state index is 0.149. The summed E-state index contributed by atoms with van der Waals surface area (Å²) in [4.78, 5) is 17.0. The molecule has 2 aliphatic rings. The number of nitrogens with zero attached hydrogens (tertiary/aromatic N) is 2. The minimum absolute atomic E-state index is 0.149. The van der Waals surface area contributed by atoms with E-state index in [1.54, 1.807) is 0 Å². The quantitative estimate of drug-likeness (QED) is 0.925. The molecule has 126 valence electrons. The maximum absolute atomic E-state index is 12.2. The molecule has 1 unspecified atom stereocenters. The zero-order valence-corrected chi connectivity index (χ0v) is 14.3. The maximum atomic E-state index is 12.2. The molecular weight excluding hydrogens is 286 g/mol. The van der Waals surface area contributed by atoms with E-state index < -0.39 is 0 Å². The van der Waals surface area contributed by atoms with E-state index in [2.05, 4.69) is 34.3 Å². The lowest BCUT2D eigenvalue weighted by Gasteiger charge is -2.29. The van der Waals surface area contributed by atoms with E-state index in [4.69, 9.17) is 0 Å². The van der Waals surface area contributed by atoms with Crippen molar-refractivity contribution in [2.24, 2.45) is 5.92 Å². The van der Waals surface area contributed by atoms with Crippen LogP contribution >= 0.6 is 0 Å². The molecule has 23 heavy (non-hydrogen) atoms. The maximum Gasteiger partial charge on any atom is 0.224 e. The van der Waals surface area contributed by atoms with E-state index in [1.807, 2.05) is 12.1 Å². The Balaban J connectivity index is 1.50. The van der Waals surface area contributed by atoms with Crippen LogP contribution in [-0.4, -0.2) is 44.0 Å². The van der Waals surface area contributed by atoms with Crippen molar-refractivity contribution >= 4 is 17.3 Å². The Labute approximate surface area is 139 Å². The number of hydrogen-bond acceptors (Lipinski definition) is 3. The molecule has 1 aromatic rings. The van der Waals surface area contributed by atoms with E-state index in [1.165, 1.54) is 37.8 Å². The van der Waals surface area contributed by atoms with Gasteiger partial charge in [0.05, 0.1) is 0 Å². The number of likely N-dealkylation sites (tertiary alicyclic amines) is 1. The van der Waals surface area contributed by atoms with Crippen LogP contribution in [0.1, 0.15) is 38.5 Å². The Morgan fingerprint density at radius 1 is 1.09 bits per heavy atom. The first-order valence-corrected chi connectivity index (χ1v) is 9.04. The molecule has 0 radical (unpaired) electrons. The summed E-state index contributed by atoms with van der Waals surface area (Å²) in [7, 11) is 2.14. The van der Waals surface area contributed by atoms with Crippen LogP contribution in [0.25, 0.3) is 0 Å². The standard InChI is InChI=1S/C19H29N3O/c1-21-11-5-6-16(15-21)14-19(23)20-17-7-9-18(10-8-17)22-12-3-2-4-13-22/h7-10,16H,2-6,11-15H2,1H3,(H,20,23). The fourth-order valence-corrected chi connectivity index (χ4v) is 3.82. The molecule has 0 aromatic heterocycles. The van der Waals surface area contributed by atoms with Crippen LogP contribution in [0, 0.1) is 5.92 Å². The summed E-state index contributed by atoms with van der Waals surface area (Å²) in [6.07, 6.45) is 6.94. The van der Waals surface area contributed by atoms with Gasteiger partial charge in [0.2, 0.25) is 5.91 Å². The number of anilines is 2. The lowest BCUT2D eigenvalue weighted by atomic mass is 9.95. The average Bonchev–Trinajstić information content (AvgIpc) is 2.56. The lowest BCUT2D eigenvalue weighted by molar-refractivity contribution is -0.117. The number of carbonyl (C=O) groups is 1. The first-order chi connectivity index (χ1) is 11.2. The molecule has 0 bridgehead atoms. The van der Waals surface area contributed by atoms with Crippen molar-refractivity contribution in [1.82, 2.24) is 4.90 Å². The normalized spacial score (nSPS) is 22.8. The highest BCUT2D eigenvalue weighted by molar-refractivity contribution is 5.91. The molecule has 4 heteroatoms. The van der Waals surface area contributed by atoms with Crippen LogP contribution in [-0.2, 0) is 4.79 Å². The van der Waals surface area contributed by atoms with Gasteiger partial charge in [-0.15, -0.1) is 0 Å². The smallest absolute Gasteiger partial charge is 0.224 e. The molecule has 2 fully saturated rings. The Morgan fingerprint density at radius 2 is 1.83 bits per heavy atom. The third-order valence-electron chi connectivity index (χ3n) is 5.07. The predicted octanol–water partition coefficient (Wildman–Crippen LogP) is 3.35. The van der Waals surface area contributed by atoms with Gasteiger partial charge in [-0.2, -0.15) is 0 Å². The topological polar surface area (TPSA) is 35.6 Å². The number of piperidine rings is 2. The Morgan fingerprint density at radius 3 is 2.52 bits per heavy atom. The Kier molecular flexibility index (Phi) is 5.55. The molecule has 3 rings (SSSR count). The minimum Gasteiger partial charge on any atom is -0.372 e. The number of carbonyl (C=O) groups excluding carboxylic acids is 1. The number of hydrogen-bond donors (Lipinski definition) is 1. The Bertz CT molecular complexity index is 508. The van der Waals surface area contributed by atoms with Gasteiger partial charge in [0.1, 0.15) is 0 Å². The molecule has 2 heterocycles. The first kappa shape index (κ1) is 16.3. The third-order valence-corrected chi connectivity index (χ3v) is 5.07. The van der Waals surface area contributed by atoms with Gasteiger partial charge in [-0.3, -0.25) is 4.79 Å². The summed E-state index contributed by atoms with van der Waals surface area (Å²) in [5.74, 6) is 0.650. The van der Waals surface area contributed by atoms with E-state index in [0.29, 0.717) is 12.3 Å². The van der Waals surface area contributed by atoms with Gasteiger partial charge >= 0.3 is 0 Å². The van der Waals surface area contributed by atoms with Gasteiger partial charge in [0, 0.05) is 37.4 Å². The summed E-state index contributed by atoms with van der Waals surface area (Å²) in [5, 5.41) is 3.06. The van der Waals surface area contributed by atoms with Crippen LogP contribution < -0.4 is 10.2 Å². The fraction of sp³-hybridized carbons (Fsp3) is 0.632. The fourth-order valence-electron chi connectivity index (χ4n) is 3.82. The van der Waals surface area contributed by atoms with Crippen molar-refractivity contribution in [1.29, 1.82) is 0 Å². The highest BCUT2D eigenvalue weighted by Gasteiger charge is 2.20. The van der Waals surface area contributed by atoms with Crippen molar-refractivity contribution in [3.63, 3.8) is 0 Å². The largest absolute Gasteiger partial charge is 0.372 e. The second-order valence-corrected chi connectivity index (χ2v) is 7.12. The first-order valence-electron chi connectivity index (χ1n) is 9.04. The van der Waals surface area contributed by atoms with E-state index >= 15 is 0 Å². The van der Waals surface area contributed by atoms with Gasteiger partial charge in [0.25, 0.3) is 0 Å². The molecule has 4 nitrogen and oxygen atoms in total. The van der Waals surface area contributed by atoms with Crippen molar-refractivity contribution < 1.29 is 4.79 Å². The molecule has 1 N–H and O–H groups in total. The molecule has 0 spiro atoms. The van der Waals surface area contributed by atoms with E-state index in [-0.39, 0.29) is 5.91 Å². The highest BCUT2D eigenvalue weighted by Crippen LogP contribution is 2.23. The van der Waals surface area contributed by atoms with Gasteiger partial charge in [0.15, 0.2) is 0 Å². The van der Waals surface area contributed by atoms with Crippen LogP contribution in [0.15, 0.2) is 24.3 Å². The zero-order chi connectivity index (χ0) is 16.1. The van der Waals surface area contributed by atoms with Gasteiger partial charge in [-0.1, -0.05) is 0 Å². The van der Waals surface area contributed by atoms with Gasteiger partial charge in [-0.25, -0.2) is 0 Å². The molecule has 2 aliphatic heterocycles. The second kappa shape index (κ2) is 7.82. The molecular formula is C19H29N3O. The molecule has 0 aliphatic carbocycles. The average molecular weight is 315 g/mol. The van der Waals surface area contributed by atoms with Crippen molar-refractivity contribution in [2.75, 3.05) is 43.4 Å². The van der Waals surface area contributed by atoms with Crippen molar-refractivity contribution in [2.45, 2.75) is 38.5 Å².